The highest BCUT2D eigenvalue weighted by molar-refractivity contribution is 9.10. The van der Waals surface area contributed by atoms with Gasteiger partial charge < -0.3 is 14.2 Å². The van der Waals surface area contributed by atoms with Crippen LogP contribution in [-0.2, 0) is 4.79 Å². The number of carbonyl (C=O) groups is 1. The Kier molecular flexibility index (Phi) is 5.46. The maximum Gasteiger partial charge on any atom is 0.230 e. The van der Waals surface area contributed by atoms with Gasteiger partial charge in [0.2, 0.25) is 12.2 Å². The third kappa shape index (κ3) is 3.39. The first-order valence-corrected chi connectivity index (χ1v) is 8.77. The van der Waals surface area contributed by atoms with Gasteiger partial charge in [-0.15, -0.1) is 0 Å². The highest BCUT2D eigenvalue weighted by Crippen LogP contribution is 2.40. The molecule has 0 radical (unpaired) electrons. The average Bonchev–Trinajstić information content (AvgIpc) is 3.11. The molecule has 6 nitrogen and oxygen atoms in total. The van der Waals surface area contributed by atoms with E-state index in [1.54, 1.807) is 21.3 Å². The van der Waals surface area contributed by atoms with Gasteiger partial charge in [-0.3, -0.25) is 4.79 Å². The summed E-state index contributed by atoms with van der Waals surface area (Å²) in [7, 11) is 4.70. The molecule has 1 amide bonds. The number of rotatable bonds is 6. The molecule has 0 bridgehead atoms. The predicted octanol–water partition coefficient (Wildman–Crippen LogP) is 3.78. The fourth-order valence-electron chi connectivity index (χ4n) is 3.00. The molecule has 136 valence electrons. The predicted molar refractivity (Wildman–Crippen MR) is 102 cm³/mol. The van der Waals surface area contributed by atoms with E-state index in [0.717, 1.165) is 27.7 Å². The van der Waals surface area contributed by atoms with Crippen molar-refractivity contribution in [1.29, 1.82) is 0 Å². The normalized spacial score (nSPS) is 16.2. The Morgan fingerprint density at radius 2 is 1.69 bits per heavy atom. The van der Waals surface area contributed by atoms with Crippen molar-refractivity contribution in [3.05, 3.63) is 52.0 Å². The van der Waals surface area contributed by atoms with Gasteiger partial charge in [0.1, 0.15) is 0 Å². The maximum absolute atomic E-state index is 11.5. The third-order valence-electron chi connectivity index (χ3n) is 4.30. The fraction of sp³-hybridized carbons (Fsp3) is 0.263. The van der Waals surface area contributed by atoms with E-state index >= 15 is 0 Å². The molecule has 0 aliphatic carbocycles. The number of halogens is 1. The minimum absolute atomic E-state index is 0.144. The Bertz CT molecular complexity index is 811. The van der Waals surface area contributed by atoms with Crippen LogP contribution in [0.25, 0.3) is 0 Å². The van der Waals surface area contributed by atoms with Crippen molar-refractivity contribution < 1.29 is 19.0 Å². The van der Waals surface area contributed by atoms with Crippen molar-refractivity contribution in [2.24, 2.45) is 5.10 Å². The van der Waals surface area contributed by atoms with E-state index in [2.05, 4.69) is 21.0 Å². The van der Waals surface area contributed by atoms with Crippen LogP contribution >= 0.6 is 15.9 Å². The molecule has 2 aromatic carbocycles. The lowest BCUT2D eigenvalue weighted by Gasteiger charge is -2.17. The zero-order valence-electron chi connectivity index (χ0n) is 14.7. The van der Waals surface area contributed by atoms with Crippen molar-refractivity contribution >= 4 is 28.1 Å². The molecule has 1 heterocycles. The zero-order valence-corrected chi connectivity index (χ0v) is 16.3. The van der Waals surface area contributed by atoms with Gasteiger partial charge in [0.25, 0.3) is 0 Å². The second-order valence-electron chi connectivity index (χ2n) is 5.72. The molecule has 0 fully saturated rings. The van der Waals surface area contributed by atoms with Crippen molar-refractivity contribution in [2.45, 2.75) is 12.5 Å². The van der Waals surface area contributed by atoms with Gasteiger partial charge >= 0.3 is 0 Å². The molecule has 1 unspecified atom stereocenters. The lowest BCUT2D eigenvalue weighted by molar-refractivity contribution is -0.119. The lowest BCUT2D eigenvalue weighted by Crippen LogP contribution is -2.17. The Balaban J connectivity index is 1.97. The Hall–Kier alpha value is -2.54. The molecule has 3 rings (SSSR count). The van der Waals surface area contributed by atoms with Crippen molar-refractivity contribution in [1.82, 2.24) is 5.01 Å². The second kappa shape index (κ2) is 7.78. The van der Waals surface area contributed by atoms with E-state index in [1.807, 2.05) is 36.4 Å². The quantitative estimate of drug-likeness (QED) is 0.669. The molecule has 2 aromatic rings. The number of carbonyl (C=O) groups excluding carboxylic acids is 1. The Labute approximate surface area is 160 Å². The van der Waals surface area contributed by atoms with Crippen LogP contribution in [0.2, 0.25) is 0 Å². The summed E-state index contributed by atoms with van der Waals surface area (Å²) in [5, 5.41) is 5.93. The van der Waals surface area contributed by atoms with E-state index in [9.17, 15) is 4.79 Å². The molecule has 26 heavy (non-hydrogen) atoms. The number of amides is 1. The molecule has 1 atom stereocenters. The van der Waals surface area contributed by atoms with Crippen LogP contribution in [0.5, 0.6) is 17.2 Å². The molecule has 0 saturated carbocycles. The maximum atomic E-state index is 11.5. The SMILES string of the molecule is COc1cc(C2=NN(C=O)C(c3ccc(Br)cc3)C2)cc(OC)c1OC. The summed E-state index contributed by atoms with van der Waals surface area (Å²) in [4.78, 5) is 11.5. The van der Waals surface area contributed by atoms with Gasteiger partial charge in [-0.1, -0.05) is 28.1 Å². The summed E-state index contributed by atoms with van der Waals surface area (Å²) < 4.78 is 17.2. The Morgan fingerprint density at radius 1 is 1.08 bits per heavy atom. The molecule has 0 aromatic heterocycles. The van der Waals surface area contributed by atoms with Gasteiger partial charge in [0, 0.05) is 16.5 Å². The first-order chi connectivity index (χ1) is 12.6. The van der Waals surface area contributed by atoms with Crippen LogP contribution < -0.4 is 14.2 Å². The van der Waals surface area contributed by atoms with Crippen LogP contribution in [-0.4, -0.2) is 38.5 Å². The van der Waals surface area contributed by atoms with Gasteiger partial charge in [0.15, 0.2) is 11.5 Å². The van der Waals surface area contributed by atoms with E-state index in [0.29, 0.717) is 23.7 Å². The van der Waals surface area contributed by atoms with Gasteiger partial charge in [-0.25, -0.2) is 5.01 Å². The fourth-order valence-corrected chi connectivity index (χ4v) is 3.27. The third-order valence-corrected chi connectivity index (χ3v) is 4.83. The number of nitrogens with zero attached hydrogens (tertiary/aromatic N) is 2. The van der Waals surface area contributed by atoms with Gasteiger partial charge in [-0.2, -0.15) is 5.10 Å². The topological polar surface area (TPSA) is 60.4 Å². The van der Waals surface area contributed by atoms with Gasteiger partial charge in [0.05, 0.1) is 33.1 Å². The van der Waals surface area contributed by atoms with E-state index in [4.69, 9.17) is 14.2 Å². The molecule has 0 saturated heterocycles. The van der Waals surface area contributed by atoms with Gasteiger partial charge in [-0.05, 0) is 29.8 Å². The van der Waals surface area contributed by atoms with Crippen LogP contribution in [0.15, 0.2) is 46.0 Å². The Morgan fingerprint density at radius 3 is 2.19 bits per heavy atom. The van der Waals surface area contributed by atoms with Crippen LogP contribution in [0.1, 0.15) is 23.6 Å². The van der Waals surface area contributed by atoms with E-state index in [-0.39, 0.29) is 6.04 Å². The molecular weight excluding hydrogens is 400 g/mol. The van der Waals surface area contributed by atoms with Crippen molar-refractivity contribution in [3.63, 3.8) is 0 Å². The summed E-state index contributed by atoms with van der Waals surface area (Å²) in [6, 6.07) is 11.4. The zero-order chi connectivity index (χ0) is 18.7. The molecule has 0 spiro atoms. The monoisotopic (exact) mass is 418 g/mol. The summed E-state index contributed by atoms with van der Waals surface area (Å²) in [5.74, 6) is 1.62. The van der Waals surface area contributed by atoms with Crippen LogP contribution in [0.4, 0.5) is 0 Å². The molecule has 1 aliphatic rings. The number of methoxy groups -OCH3 is 3. The molecule has 7 heteroatoms. The molecular formula is C19H19BrN2O4. The van der Waals surface area contributed by atoms with E-state index < -0.39 is 0 Å². The number of hydrazone groups is 1. The summed E-state index contributed by atoms with van der Waals surface area (Å²) >= 11 is 3.43. The number of hydrogen-bond acceptors (Lipinski definition) is 5. The standard InChI is InChI=1S/C19H19BrN2O4/c1-24-17-8-13(9-18(25-2)19(17)26-3)15-10-16(22(11-23)21-15)12-4-6-14(20)7-5-12/h4-9,11,16H,10H2,1-3H3. The first-order valence-electron chi connectivity index (χ1n) is 7.98. The highest BCUT2D eigenvalue weighted by Gasteiger charge is 2.29. The van der Waals surface area contributed by atoms with Crippen LogP contribution in [0, 0.1) is 0 Å². The molecule has 0 N–H and O–H groups in total. The second-order valence-corrected chi connectivity index (χ2v) is 6.63. The minimum Gasteiger partial charge on any atom is -0.493 e. The summed E-state index contributed by atoms with van der Waals surface area (Å²) in [6.45, 7) is 0. The molecule has 1 aliphatic heterocycles. The largest absolute Gasteiger partial charge is 0.493 e. The van der Waals surface area contributed by atoms with Crippen molar-refractivity contribution in [3.8, 4) is 17.2 Å². The first kappa shape index (κ1) is 18.3. The van der Waals surface area contributed by atoms with E-state index in [1.165, 1.54) is 5.01 Å². The summed E-state index contributed by atoms with van der Waals surface area (Å²) in [6.07, 6.45) is 1.34. The number of ether oxygens (including phenoxy) is 3. The lowest BCUT2D eigenvalue weighted by atomic mass is 9.98. The van der Waals surface area contributed by atoms with Crippen LogP contribution in [0.3, 0.4) is 0 Å². The minimum atomic E-state index is -0.144. The van der Waals surface area contributed by atoms with Crippen molar-refractivity contribution in [2.75, 3.05) is 21.3 Å². The smallest absolute Gasteiger partial charge is 0.230 e. The summed E-state index contributed by atoms with van der Waals surface area (Å²) in [5.41, 5.74) is 2.63. The number of benzene rings is 2. The average molecular weight is 419 g/mol. The highest BCUT2D eigenvalue weighted by atomic mass is 79.9. The number of hydrogen-bond donors (Lipinski definition) is 0.